The van der Waals surface area contributed by atoms with E-state index in [0.717, 1.165) is 21.5 Å². The van der Waals surface area contributed by atoms with Crippen molar-refractivity contribution in [3.63, 3.8) is 0 Å². The monoisotopic (exact) mass is 484 g/mol. The molecule has 5 rings (SSSR count). The number of carbonyl (C=O) groups is 4. The Morgan fingerprint density at radius 2 is 0.806 bits per heavy atom. The molecule has 0 N–H and O–H groups in total. The highest BCUT2D eigenvalue weighted by Gasteiger charge is 2.24. The quantitative estimate of drug-likeness (QED) is 0.144. The van der Waals surface area contributed by atoms with Gasteiger partial charge in [-0.05, 0) is 33.7 Å². The molecule has 5 aromatic carbocycles. The van der Waals surface area contributed by atoms with Crippen LogP contribution in [-0.2, 0) is 19.2 Å². The topological polar surface area (TPSA) is 105 Å². The second-order valence-corrected chi connectivity index (χ2v) is 8.33. The predicted octanol–water partition coefficient (Wildman–Crippen LogP) is 5.44. The molecule has 0 heterocycles. The molecule has 0 amide bonds. The minimum atomic E-state index is -0.585. The smallest absolute Gasteiger partial charge is 0.308 e. The van der Waals surface area contributed by atoms with Crippen LogP contribution >= 0.6 is 0 Å². The summed E-state index contributed by atoms with van der Waals surface area (Å²) in [6, 6.07) is 14.3. The van der Waals surface area contributed by atoms with Gasteiger partial charge in [-0.25, -0.2) is 0 Å². The molecule has 0 unspecified atom stereocenters. The number of fused-ring (bicyclic) bond motifs is 2. The zero-order chi connectivity index (χ0) is 25.7. The molecule has 0 spiro atoms. The van der Waals surface area contributed by atoms with Crippen LogP contribution < -0.4 is 18.9 Å². The summed E-state index contributed by atoms with van der Waals surface area (Å²) in [6.45, 7) is 5.05. The maximum absolute atomic E-state index is 11.9. The van der Waals surface area contributed by atoms with Gasteiger partial charge in [0, 0.05) is 49.2 Å². The van der Waals surface area contributed by atoms with E-state index in [1.807, 2.05) is 24.3 Å². The van der Waals surface area contributed by atoms with E-state index in [-0.39, 0.29) is 23.0 Å². The molecule has 0 radical (unpaired) electrons. The molecule has 8 heteroatoms. The van der Waals surface area contributed by atoms with Crippen LogP contribution in [0.1, 0.15) is 27.7 Å². The second kappa shape index (κ2) is 8.49. The molecule has 0 aliphatic heterocycles. The number of ether oxygens (including phenoxy) is 4. The lowest BCUT2D eigenvalue weighted by molar-refractivity contribution is -0.134. The Morgan fingerprint density at radius 1 is 0.472 bits per heavy atom. The first-order valence-electron chi connectivity index (χ1n) is 11.1. The number of hydrogen-bond donors (Lipinski definition) is 0. The summed E-state index contributed by atoms with van der Waals surface area (Å²) >= 11 is 0. The van der Waals surface area contributed by atoms with Gasteiger partial charge in [0.2, 0.25) is 0 Å². The Bertz CT molecular complexity index is 1620. The number of hydrogen-bond acceptors (Lipinski definition) is 8. The lowest BCUT2D eigenvalue weighted by Gasteiger charge is -2.20. The molecular weight excluding hydrogens is 464 g/mol. The summed E-state index contributed by atoms with van der Waals surface area (Å²) < 4.78 is 21.9. The molecular formula is C28H20O8. The van der Waals surface area contributed by atoms with Gasteiger partial charge in [0.1, 0.15) is 0 Å². The number of carbonyl (C=O) groups excluding carboxylic acids is 4. The Hall–Kier alpha value is -4.72. The molecule has 0 fully saturated rings. The molecule has 0 saturated heterocycles. The molecule has 36 heavy (non-hydrogen) atoms. The Labute approximate surface area is 204 Å². The maximum atomic E-state index is 11.9. The summed E-state index contributed by atoms with van der Waals surface area (Å²) in [7, 11) is 0. The second-order valence-electron chi connectivity index (χ2n) is 8.33. The van der Waals surface area contributed by atoms with Crippen molar-refractivity contribution in [1.82, 2.24) is 0 Å². The van der Waals surface area contributed by atoms with E-state index in [1.54, 1.807) is 24.3 Å². The highest BCUT2D eigenvalue weighted by molar-refractivity contribution is 6.35. The van der Waals surface area contributed by atoms with Gasteiger partial charge in [-0.15, -0.1) is 0 Å². The minimum Gasteiger partial charge on any atom is -0.423 e. The molecule has 0 aliphatic carbocycles. The molecule has 8 nitrogen and oxygen atoms in total. The van der Waals surface area contributed by atoms with E-state index in [1.165, 1.54) is 27.7 Å². The summed E-state index contributed by atoms with van der Waals surface area (Å²) in [5.74, 6) is -1.89. The van der Waals surface area contributed by atoms with Gasteiger partial charge in [0.05, 0.1) is 0 Å². The first kappa shape index (κ1) is 23.0. The Kier molecular flexibility index (Phi) is 5.44. The van der Waals surface area contributed by atoms with Crippen LogP contribution in [0, 0.1) is 0 Å². The summed E-state index contributed by atoms with van der Waals surface area (Å²) in [4.78, 5) is 47.7. The lowest BCUT2D eigenvalue weighted by atomic mass is 9.89. The molecule has 5 aromatic rings. The van der Waals surface area contributed by atoms with Crippen molar-refractivity contribution in [2.24, 2.45) is 0 Å². The summed E-state index contributed by atoms with van der Waals surface area (Å²) in [5.41, 5.74) is 0. The van der Waals surface area contributed by atoms with Crippen LogP contribution in [0.2, 0.25) is 0 Å². The zero-order valence-electron chi connectivity index (χ0n) is 19.9. The van der Waals surface area contributed by atoms with Crippen LogP contribution in [0.5, 0.6) is 23.0 Å². The van der Waals surface area contributed by atoms with Crippen molar-refractivity contribution >= 4 is 67.0 Å². The average Bonchev–Trinajstić information content (AvgIpc) is 2.79. The van der Waals surface area contributed by atoms with E-state index < -0.39 is 23.9 Å². The third-order valence-electron chi connectivity index (χ3n) is 5.73. The third kappa shape index (κ3) is 3.73. The maximum Gasteiger partial charge on any atom is 0.308 e. The molecule has 0 bridgehead atoms. The van der Waals surface area contributed by atoms with Crippen LogP contribution in [0.15, 0.2) is 48.5 Å². The summed E-state index contributed by atoms with van der Waals surface area (Å²) in [5, 5.41) is 5.68. The minimum absolute atomic E-state index is 0.0722. The Morgan fingerprint density at radius 3 is 1.14 bits per heavy atom. The van der Waals surface area contributed by atoms with Crippen molar-refractivity contribution in [3.05, 3.63) is 48.5 Å². The molecule has 0 aromatic heterocycles. The largest absolute Gasteiger partial charge is 0.423 e. The standard InChI is InChI=1S/C28H20O8/c1-13(29)33-23-11-21-22-12-24(34-14(2)30)28(36-16(4)32)20-10-6-8-18(26(20)22)17-7-5-9-19(25(17)21)27(23)35-15(3)31/h5-12H,1-4H3. The summed E-state index contributed by atoms with van der Waals surface area (Å²) in [6.07, 6.45) is 0. The van der Waals surface area contributed by atoms with Crippen molar-refractivity contribution < 1.29 is 38.1 Å². The van der Waals surface area contributed by atoms with Crippen LogP contribution in [-0.4, -0.2) is 23.9 Å². The highest BCUT2D eigenvalue weighted by Crippen LogP contribution is 2.50. The number of benzene rings is 5. The van der Waals surface area contributed by atoms with Crippen molar-refractivity contribution in [3.8, 4) is 23.0 Å². The lowest BCUT2D eigenvalue weighted by Crippen LogP contribution is -2.09. The van der Waals surface area contributed by atoms with E-state index in [2.05, 4.69) is 0 Å². The van der Waals surface area contributed by atoms with Crippen LogP contribution in [0.25, 0.3) is 43.1 Å². The van der Waals surface area contributed by atoms with Crippen molar-refractivity contribution in [1.29, 1.82) is 0 Å². The molecule has 0 aliphatic rings. The van der Waals surface area contributed by atoms with E-state index in [0.29, 0.717) is 21.5 Å². The average molecular weight is 484 g/mol. The van der Waals surface area contributed by atoms with Crippen LogP contribution in [0.4, 0.5) is 0 Å². The molecule has 0 atom stereocenters. The van der Waals surface area contributed by atoms with E-state index >= 15 is 0 Å². The van der Waals surface area contributed by atoms with E-state index in [4.69, 9.17) is 18.9 Å². The van der Waals surface area contributed by atoms with E-state index in [9.17, 15) is 19.2 Å². The Balaban J connectivity index is 2.03. The highest BCUT2D eigenvalue weighted by atomic mass is 16.6. The fourth-order valence-corrected chi connectivity index (χ4v) is 4.70. The van der Waals surface area contributed by atoms with Gasteiger partial charge >= 0.3 is 23.9 Å². The fourth-order valence-electron chi connectivity index (χ4n) is 4.70. The first-order chi connectivity index (χ1) is 17.2. The first-order valence-corrected chi connectivity index (χ1v) is 11.1. The van der Waals surface area contributed by atoms with Gasteiger partial charge in [-0.1, -0.05) is 36.4 Å². The van der Waals surface area contributed by atoms with Crippen molar-refractivity contribution in [2.75, 3.05) is 0 Å². The van der Waals surface area contributed by atoms with Crippen LogP contribution in [0.3, 0.4) is 0 Å². The van der Waals surface area contributed by atoms with Gasteiger partial charge in [-0.3, -0.25) is 19.2 Å². The van der Waals surface area contributed by atoms with Gasteiger partial charge < -0.3 is 18.9 Å². The number of esters is 4. The predicted molar refractivity (Wildman–Crippen MR) is 133 cm³/mol. The van der Waals surface area contributed by atoms with Gasteiger partial charge in [-0.2, -0.15) is 0 Å². The zero-order valence-corrected chi connectivity index (χ0v) is 19.9. The number of rotatable bonds is 4. The van der Waals surface area contributed by atoms with Gasteiger partial charge in [0.25, 0.3) is 0 Å². The SMILES string of the molecule is CC(=O)Oc1cc2c3cc(OC(C)=O)c(OC(C)=O)c4cccc(c5cccc(c1OC(C)=O)c52)c43. The molecule has 0 saturated carbocycles. The third-order valence-corrected chi connectivity index (χ3v) is 5.73. The normalized spacial score (nSPS) is 11.2. The van der Waals surface area contributed by atoms with Gasteiger partial charge in [0.15, 0.2) is 23.0 Å². The molecule has 180 valence electrons. The van der Waals surface area contributed by atoms with Crippen molar-refractivity contribution in [2.45, 2.75) is 27.7 Å². The fraction of sp³-hybridized carbons (Fsp3) is 0.143.